The summed E-state index contributed by atoms with van der Waals surface area (Å²) >= 11 is 0. The Morgan fingerprint density at radius 3 is 2.43 bits per heavy atom. The minimum absolute atomic E-state index is 0.0248. The van der Waals surface area contributed by atoms with E-state index in [0.29, 0.717) is 12.5 Å². The van der Waals surface area contributed by atoms with E-state index in [1.807, 2.05) is 0 Å². The molecule has 0 aromatic rings. The van der Waals surface area contributed by atoms with Crippen molar-refractivity contribution in [3.63, 3.8) is 0 Å². The second kappa shape index (κ2) is 4.95. The van der Waals surface area contributed by atoms with E-state index in [1.165, 1.54) is 0 Å². The van der Waals surface area contributed by atoms with Gasteiger partial charge < -0.3 is 15.2 Å². The Balaban J connectivity index is 1.91. The largest absolute Gasteiger partial charge is 0.411 e. The number of hydrogen-bond acceptors (Lipinski definition) is 3. The summed E-state index contributed by atoms with van der Waals surface area (Å²) in [5.41, 5.74) is 5.37. The van der Waals surface area contributed by atoms with Gasteiger partial charge in [0.25, 0.3) is 0 Å². The third kappa shape index (κ3) is 4.26. The summed E-state index contributed by atoms with van der Waals surface area (Å²) in [6, 6.07) is 0. The monoisotopic (exact) mass is 213 g/mol. The van der Waals surface area contributed by atoms with E-state index in [4.69, 9.17) is 10.5 Å². The summed E-state index contributed by atoms with van der Waals surface area (Å²) in [6.07, 6.45) is -2.60. The Kier molecular flexibility index (Phi) is 4.15. The zero-order chi connectivity index (χ0) is 10.6. The van der Waals surface area contributed by atoms with Gasteiger partial charge in [0, 0.05) is 0 Å². The maximum atomic E-state index is 11.6. The van der Waals surface area contributed by atoms with Crippen molar-refractivity contribution in [3.05, 3.63) is 0 Å². The third-order valence-electron chi connectivity index (χ3n) is 2.18. The van der Waals surface area contributed by atoms with Crippen LogP contribution in [0.4, 0.5) is 13.2 Å². The van der Waals surface area contributed by atoms with Crippen molar-refractivity contribution in [2.75, 3.05) is 19.9 Å². The molecule has 0 aromatic carbocycles. The Morgan fingerprint density at radius 2 is 1.93 bits per heavy atom. The number of rotatable bonds is 5. The van der Waals surface area contributed by atoms with Crippen LogP contribution in [0.1, 0.15) is 12.8 Å². The highest BCUT2D eigenvalue weighted by Gasteiger charge is 2.30. The zero-order valence-electron chi connectivity index (χ0n) is 7.72. The molecular formula is C8H14F3NO2. The molecule has 0 unspecified atom stereocenters. The SMILES string of the molecule is NCC1CC(OCOCC(F)(F)F)C1. The number of nitrogens with two attached hydrogens (primary N) is 1. The molecule has 0 spiro atoms. The van der Waals surface area contributed by atoms with Crippen LogP contribution in [0.3, 0.4) is 0 Å². The van der Waals surface area contributed by atoms with Gasteiger partial charge in [-0.15, -0.1) is 0 Å². The molecule has 2 N–H and O–H groups in total. The predicted octanol–water partition coefficient (Wildman–Crippen LogP) is 1.28. The Morgan fingerprint density at radius 1 is 1.29 bits per heavy atom. The highest BCUT2D eigenvalue weighted by Crippen LogP contribution is 2.28. The molecule has 0 aliphatic heterocycles. The van der Waals surface area contributed by atoms with Gasteiger partial charge in [0.1, 0.15) is 13.4 Å². The lowest BCUT2D eigenvalue weighted by Crippen LogP contribution is -2.36. The van der Waals surface area contributed by atoms with Crippen molar-refractivity contribution < 1.29 is 22.6 Å². The van der Waals surface area contributed by atoms with Gasteiger partial charge in [0.05, 0.1) is 6.10 Å². The van der Waals surface area contributed by atoms with Gasteiger partial charge in [0.15, 0.2) is 0 Å². The summed E-state index contributed by atoms with van der Waals surface area (Å²) in [5.74, 6) is 0.461. The van der Waals surface area contributed by atoms with Crippen molar-refractivity contribution in [1.29, 1.82) is 0 Å². The van der Waals surface area contributed by atoms with E-state index < -0.39 is 12.8 Å². The molecule has 84 valence electrons. The zero-order valence-corrected chi connectivity index (χ0v) is 7.72. The highest BCUT2D eigenvalue weighted by atomic mass is 19.4. The molecular weight excluding hydrogens is 199 g/mol. The summed E-state index contributed by atoms with van der Waals surface area (Å²) in [4.78, 5) is 0. The van der Waals surface area contributed by atoms with Crippen LogP contribution in [0.25, 0.3) is 0 Å². The summed E-state index contributed by atoms with van der Waals surface area (Å²) in [6.45, 7) is -0.926. The number of hydrogen-bond donors (Lipinski definition) is 1. The second-order valence-electron chi connectivity index (χ2n) is 3.44. The van der Waals surface area contributed by atoms with E-state index in [0.717, 1.165) is 12.8 Å². The van der Waals surface area contributed by atoms with Crippen LogP contribution in [0.2, 0.25) is 0 Å². The van der Waals surface area contributed by atoms with E-state index >= 15 is 0 Å². The van der Waals surface area contributed by atoms with Gasteiger partial charge in [-0.2, -0.15) is 13.2 Å². The molecule has 6 heteroatoms. The quantitative estimate of drug-likeness (QED) is 0.552. The van der Waals surface area contributed by atoms with Crippen LogP contribution >= 0.6 is 0 Å². The van der Waals surface area contributed by atoms with Gasteiger partial charge in [-0.05, 0) is 25.3 Å². The molecule has 0 heterocycles. The molecule has 3 nitrogen and oxygen atoms in total. The molecule has 1 saturated carbocycles. The van der Waals surface area contributed by atoms with E-state index in [9.17, 15) is 13.2 Å². The molecule has 0 saturated heterocycles. The van der Waals surface area contributed by atoms with Crippen molar-refractivity contribution in [3.8, 4) is 0 Å². The Labute approximate surface area is 80.4 Å². The Hall–Kier alpha value is -0.330. The molecule has 1 aliphatic rings. The average molecular weight is 213 g/mol. The average Bonchev–Trinajstić information content (AvgIpc) is 1.98. The lowest BCUT2D eigenvalue weighted by molar-refractivity contribution is -0.209. The Bertz CT molecular complexity index is 168. The fourth-order valence-electron chi connectivity index (χ4n) is 1.30. The fraction of sp³-hybridized carbons (Fsp3) is 1.00. The molecule has 1 fully saturated rings. The van der Waals surface area contributed by atoms with Crippen molar-refractivity contribution in [2.45, 2.75) is 25.1 Å². The summed E-state index contributed by atoms with van der Waals surface area (Å²) in [7, 11) is 0. The summed E-state index contributed by atoms with van der Waals surface area (Å²) < 4.78 is 44.1. The molecule has 1 rings (SSSR count). The van der Waals surface area contributed by atoms with Crippen molar-refractivity contribution in [2.24, 2.45) is 11.7 Å². The van der Waals surface area contributed by atoms with Crippen LogP contribution < -0.4 is 5.73 Å². The first kappa shape index (κ1) is 11.7. The van der Waals surface area contributed by atoms with E-state index in [-0.39, 0.29) is 12.9 Å². The van der Waals surface area contributed by atoms with Crippen LogP contribution in [-0.4, -0.2) is 32.2 Å². The van der Waals surface area contributed by atoms with Crippen LogP contribution in [0, 0.1) is 5.92 Å². The first-order chi connectivity index (χ1) is 6.51. The van der Waals surface area contributed by atoms with Crippen LogP contribution in [-0.2, 0) is 9.47 Å². The molecule has 1 aliphatic carbocycles. The summed E-state index contributed by atoms with van der Waals surface area (Å²) in [5, 5.41) is 0. The second-order valence-corrected chi connectivity index (χ2v) is 3.44. The topological polar surface area (TPSA) is 44.5 Å². The molecule has 0 amide bonds. The number of ether oxygens (including phenoxy) is 2. The number of alkyl halides is 3. The molecule has 0 radical (unpaired) electrons. The molecule has 0 bridgehead atoms. The molecule has 14 heavy (non-hydrogen) atoms. The number of halogens is 3. The first-order valence-electron chi connectivity index (χ1n) is 4.47. The lowest BCUT2D eigenvalue weighted by atomic mass is 9.82. The standard InChI is InChI=1S/C8H14F3NO2/c9-8(10,11)4-13-5-14-7-1-6(2-7)3-12/h6-7H,1-5,12H2. The van der Waals surface area contributed by atoms with Gasteiger partial charge in [-0.3, -0.25) is 0 Å². The van der Waals surface area contributed by atoms with Crippen LogP contribution in [0.15, 0.2) is 0 Å². The van der Waals surface area contributed by atoms with Gasteiger partial charge in [0.2, 0.25) is 0 Å². The van der Waals surface area contributed by atoms with Crippen molar-refractivity contribution in [1.82, 2.24) is 0 Å². The minimum Gasteiger partial charge on any atom is -0.352 e. The predicted molar refractivity (Wildman–Crippen MR) is 43.5 cm³/mol. The maximum Gasteiger partial charge on any atom is 0.411 e. The van der Waals surface area contributed by atoms with Crippen LogP contribution in [0.5, 0.6) is 0 Å². The minimum atomic E-state index is -4.28. The van der Waals surface area contributed by atoms with Gasteiger partial charge in [-0.1, -0.05) is 0 Å². The highest BCUT2D eigenvalue weighted by molar-refractivity contribution is 4.80. The maximum absolute atomic E-state index is 11.6. The van der Waals surface area contributed by atoms with Gasteiger partial charge in [-0.25, -0.2) is 0 Å². The van der Waals surface area contributed by atoms with E-state index in [2.05, 4.69) is 4.74 Å². The van der Waals surface area contributed by atoms with Gasteiger partial charge >= 0.3 is 6.18 Å². The van der Waals surface area contributed by atoms with Crippen molar-refractivity contribution >= 4 is 0 Å². The first-order valence-corrected chi connectivity index (χ1v) is 4.47. The lowest BCUT2D eigenvalue weighted by Gasteiger charge is -2.33. The molecule has 0 aromatic heterocycles. The third-order valence-corrected chi connectivity index (χ3v) is 2.18. The fourth-order valence-corrected chi connectivity index (χ4v) is 1.30. The van der Waals surface area contributed by atoms with E-state index in [1.54, 1.807) is 0 Å². The normalized spacial score (nSPS) is 27.4. The molecule has 0 atom stereocenters. The smallest absolute Gasteiger partial charge is 0.352 e.